The number of hydrogen-bond donors (Lipinski definition) is 0. The molecule has 0 atom stereocenters. The smallest absolute Gasteiger partial charge is 0.404 e. The fraction of sp³-hybridized carbons (Fsp3) is 0.417. The van der Waals surface area contributed by atoms with Crippen molar-refractivity contribution in [2.24, 2.45) is 0 Å². The number of carbonyl (C=O) groups excluding carboxylic acids is 1. The van der Waals surface area contributed by atoms with Crippen LogP contribution in [0.4, 0.5) is 13.2 Å². The number of amides is 1. The van der Waals surface area contributed by atoms with E-state index in [2.05, 4.69) is 20.7 Å². The number of rotatable bonds is 4. The fourth-order valence-electron chi connectivity index (χ4n) is 2.09. The minimum atomic E-state index is -5.01. The van der Waals surface area contributed by atoms with E-state index in [-0.39, 0.29) is 30.7 Å². The van der Waals surface area contributed by atoms with Gasteiger partial charge in [0.05, 0.1) is 0 Å². The van der Waals surface area contributed by atoms with Crippen LogP contribution in [0.25, 0.3) is 0 Å². The minimum absolute atomic E-state index is 0.00257. The van der Waals surface area contributed by atoms with Crippen molar-refractivity contribution in [2.45, 2.75) is 11.3 Å². The van der Waals surface area contributed by atoms with Gasteiger partial charge in [-0.05, 0) is 18.2 Å². The van der Waals surface area contributed by atoms with E-state index in [1.54, 1.807) is 0 Å². The second-order valence-corrected chi connectivity index (χ2v) is 7.51. The molecule has 1 fully saturated rings. The highest BCUT2D eigenvalue weighted by molar-refractivity contribution is 9.10. The zero-order valence-electron chi connectivity index (χ0n) is 11.6. The van der Waals surface area contributed by atoms with Gasteiger partial charge in [-0.1, -0.05) is 15.9 Å². The molecule has 11 heteroatoms. The highest BCUT2D eigenvalue weighted by Crippen LogP contribution is 2.34. The molecule has 1 saturated heterocycles. The second-order valence-electron chi connectivity index (χ2n) is 4.68. The topological polar surface area (TPSA) is 66.9 Å². The molecule has 0 unspecified atom stereocenters. The van der Waals surface area contributed by atoms with Gasteiger partial charge in [-0.3, -0.25) is 4.79 Å². The summed E-state index contributed by atoms with van der Waals surface area (Å²) in [6.07, 6.45) is -4.41. The monoisotopic (exact) mass is 416 g/mol. The molecule has 0 bridgehead atoms. The molecule has 0 radical (unpaired) electrons. The lowest BCUT2D eigenvalue weighted by atomic mass is 10.3. The van der Waals surface area contributed by atoms with Crippen molar-refractivity contribution in [3.63, 3.8) is 0 Å². The second kappa shape index (κ2) is 6.65. The van der Waals surface area contributed by atoms with E-state index in [9.17, 15) is 26.4 Å². The molecular weight excluding hydrogens is 405 g/mol. The number of piperazine rings is 1. The van der Waals surface area contributed by atoms with Crippen LogP contribution >= 0.6 is 15.9 Å². The normalized spacial score (nSPS) is 17.1. The molecule has 1 aromatic rings. The van der Waals surface area contributed by atoms with Crippen LogP contribution in [0, 0.1) is 0 Å². The Labute approximate surface area is 139 Å². The molecule has 0 saturated carbocycles. The number of carbonyl (C=O) groups is 1. The van der Waals surface area contributed by atoms with E-state index >= 15 is 0 Å². The number of hydrogen-bond acceptors (Lipinski definition) is 4. The quantitative estimate of drug-likeness (QED) is 0.702. The van der Waals surface area contributed by atoms with Gasteiger partial charge in [-0.25, -0.2) is 8.42 Å². The molecule has 1 amide bonds. The maximum absolute atomic E-state index is 12.6. The Morgan fingerprint density at radius 2 is 1.78 bits per heavy atom. The Hall–Kier alpha value is -1.33. The van der Waals surface area contributed by atoms with Gasteiger partial charge in [0.15, 0.2) is 5.75 Å². The minimum Gasteiger partial charge on any atom is -0.404 e. The lowest BCUT2D eigenvalue weighted by molar-refractivity contribution is -0.275. The van der Waals surface area contributed by atoms with Crippen molar-refractivity contribution in [3.8, 4) is 5.75 Å². The molecule has 1 aliphatic rings. The third-order valence-corrected chi connectivity index (χ3v) is 5.60. The molecule has 0 spiro atoms. The summed E-state index contributed by atoms with van der Waals surface area (Å²) < 4.78 is 67.7. The SMILES string of the molecule is O=CN1CCN(S(=O)(=O)c2ccc(Br)cc2OC(F)(F)F)CC1. The number of ether oxygens (including phenoxy) is 1. The van der Waals surface area contributed by atoms with Crippen molar-refractivity contribution in [3.05, 3.63) is 22.7 Å². The first-order chi connectivity index (χ1) is 10.6. The summed E-state index contributed by atoms with van der Waals surface area (Å²) in [7, 11) is -4.17. The van der Waals surface area contributed by atoms with Crippen LogP contribution in [0.1, 0.15) is 0 Å². The molecule has 0 aromatic heterocycles. The third kappa shape index (κ3) is 4.36. The maximum Gasteiger partial charge on any atom is 0.573 e. The molecule has 6 nitrogen and oxygen atoms in total. The predicted octanol–water partition coefficient (Wildman–Crippen LogP) is 1.81. The molecule has 23 heavy (non-hydrogen) atoms. The summed E-state index contributed by atoms with van der Waals surface area (Å²) in [6, 6.07) is 3.31. The average Bonchev–Trinajstić information content (AvgIpc) is 2.45. The maximum atomic E-state index is 12.6. The van der Waals surface area contributed by atoms with Gasteiger partial charge in [-0.15, -0.1) is 13.2 Å². The number of nitrogens with zero attached hydrogens (tertiary/aromatic N) is 2. The van der Waals surface area contributed by atoms with Crippen LogP contribution < -0.4 is 4.74 Å². The molecular formula is C12H12BrF3N2O4S. The Bertz CT molecular complexity index is 688. The summed E-state index contributed by atoms with van der Waals surface area (Å²) in [4.78, 5) is 11.5. The molecule has 128 valence electrons. The Morgan fingerprint density at radius 3 is 2.30 bits per heavy atom. The van der Waals surface area contributed by atoms with Gasteiger partial charge in [-0.2, -0.15) is 4.31 Å². The molecule has 1 aliphatic heterocycles. The molecule has 1 aromatic carbocycles. The Kier molecular flexibility index (Phi) is 5.21. The predicted molar refractivity (Wildman–Crippen MR) is 77.2 cm³/mol. The molecule has 0 aliphatic carbocycles. The summed E-state index contributed by atoms with van der Waals surface area (Å²) >= 11 is 2.98. The van der Waals surface area contributed by atoms with Crippen LogP contribution in [0.2, 0.25) is 0 Å². The number of benzene rings is 1. The first kappa shape index (κ1) is 18.0. The molecule has 2 rings (SSSR count). The van der Waals surface area contributed by atoms with E-state index in [0.717, 1.165) is 16.4 Å². The standard InChI is InChI=1S/C12H12BrF3N2O4S/c13-9-1-2-11(10(7-9)22-12(14,15)16)23(20,21)18-5-3-17(8-19)4-6-18/h1-2,7-8H,3-6H2. The van der Waals surface area contributed by atoms with Gasteiger partial charge in [0.25, 0.3) is 0 Å². The zero-order valence-corrected chi connectivity index (χ0v) is 14.0. The molecule has 0 N–H and O–H groups in total. The van der Waals surface area contributed by atoms with E-state index in [4.69, 9.17) is 0 Å². The Balaban J connectivity index is 2.34. The van der Waals surface area contributed by atoms with Gasteiger partial charge in [0, 0.05) is 30.7 Å². The van der Waals surface area contributed by atoms with E-state index in [0.29, 0.717) is 6.41 Å². The summed E-state index contributed by atoms with van der Waals surface area (Å²) in [6.45, 7) is 0.356. The lowest BCUT2D eigenvalue weighted by Gasteiger charge is -2.32. The van der Waals surface area contributed by atoms with Crippen LogP contribution in [0.15, 0.2) is 27.6 Å². The third-order valence-electron chi connectivity index (χ3n) is 3.17. The van der Waals surface area contributed by atoms with Crippen molar-refractivity contribution < 1.29 is 31.1 Å². The summed E-state index contributed by atoms with van der Waals surface area (Å²) in [5.74, 6) is -0.801. The lowest BCUT2D eigenvalue weighted by Crippen LogP contribution is -2.48. The van der Waals surface area contributed by atoms with Crippen molar-refractivity contribution in [1.29, 1.82) is 0 Å². The van der Waals surface area contributed by atoms with Gasteiger partial charge >= 0.3 is 6.36 Å². The van der Waals surface area contributed by atoms with Gasteiger partial charge in [0.2, 0.25) is 16.4 Å². The van der Waals surface area contributed by atoms with Crippen LogP contribution in [-0.2, 0) is 14.8 Å². The van der Waals surface area contributed by atoms with Crippen LogP contribution in [-0.4, -0.2) is 56.6 Å². The Morgan fingerprint density at radius 1 is 1.17 bits per heavy atom. The van der Waals surface area contributed by atoms with E-state index in [1.165, 1.54) is 11.0 Å². The summed E-state index contributed by atoms with van der Waals surface area (Å²) in [5.41, 5.74) is 0. The van der Waals surface area contributed by atoms with Crippen LogP contribution in [0.3, 0.4) is 0 Å². The number of halogens is 4. The van der Waals surface area contributed by atoms with Gasteiger partial charge < -0.3 is 9.64 Å². The zero-order chi connectivity index (χ0) is 17.3. The van der Waals surface area contributed by atoms with Crippen molar-refractivity contribution >= 4 is 32.4 Å². The van der Waals surface area contributed by atoms with Crippen molar-refractivity contribution in [1.82, 2.24) is 9.21 Å². The van der Waals surface area contributed by atoms with Crippen LogP contribution in [0.5, 0.6) is 5.75 Å². The van der Waals surface area contributed by atoms with Gasteiger partial charge in [0.1, 0.15) is 4.90 Å². The van der Waals surface area contributed by atoms with E-state index < -0.39 is 27.0 Å². The highest BCUT2D eigenvalue weighted by atomic mass is 79.9. The first-order valence-electron chi connectivity index (χ1n) is 6.38. The van der Waals surface area contributed by atoms with E-state index in [1.807, 2.05) is 0 Å². The average molecular weight is 417 g/mol. The molecule has 1 heterocycles. The first-order valence-corrected chi connectivity index (χ1v) is 8.61. The largest absolute Gasteiger partial charge is 0.573 e. The highest BCUT2D eigenvalue weighted by Gasteiger charge is 2.36. The number of alkyl halides is 3. The van der Waals surface area contributed by atoms with Crippen molar-refractivity contribution in [2.75, 3.05) is 26.2 Å². The fourth-order valence-corrected chi connectivity index (χ4v) is 3.94. The number of sulfonamides is 1. The summed E-state index contributed by atoms with van der Waals surface area (Å²) in [5, 5.41) is 0.